The number of para-hydroxylation sites is 2. The molecule has 1 fully saturated rings. The van der Waals surface area contributed by atoms with Crippen molar-refractivity contribution in [2.75, 3.05) is 11.4 Å². The molecule has 2 heterocycles. The Morgan fingerprint density at radius 1 is 0.912 bits per heavy atom. The third kappa shape index (κ3) is 4.10. The molecule has 0 unspecified atom stereocenters. The van der Waals surface area contributed by atoms with Crippen molar-refractivity contribution in [2.45, 2.75) is 40.5 Å². The molecule has 174 valence electrons. The molecule has 6 heteroatoms. The maximum atomic E-state index is 13.6. The van der Waals surface area contributed by atoms with Crippen molar-refractivity contribution in [3.8, 4) is 5.69 Å². The van der Waals surface area contributed by atoms with Crippen molar-refractivity contribution in [1.29, 1.82) is 0 Å². The summed E-state index contributed by atoms with van der Waals surface area (Å²) >= 11 is 5.59. The van der Waals surface area contributed by atoms with Gasteiger partial charge >= 0.3 is 0 Å². The molecule has 0 aliphatic carbocycles. The number of benzene rings is 2. The largest absolute Gasteiger partial charge is 0.318 e. The maximum absolute atomic E-state index is 13.6. The molecule has 1 aliphatic rings. The van der Waals surface area contributed by atoms with Gasteiger partial charge in [-0.3, -0.25) is 19.4 Å². The van der Waals surface area contributed by atoms with E-state index in [2.05, 4.69) is 23.6 Å². The van der Waals surface area contributed by atoms with E-state index in [1.807, 2.05) is 69.3 Å². The first-order chi connectivity index (χ1) is 16.4. The van der Waals surface area contributed by atoms with Crippen LogP contribution in [0.5, 0.6) is 0 Å². The molecule has 0 bridgehead atoms. The van der Waals surface area contributed by atoms with Crippen LogP contribution in [-0.2, 0) is 16.0 Å². The Morgan fingerprint density at radius 3 is 2.26 bits per heavy atom. The molecule has 0 spiro atoms. The quantitative estimate of drug-likeness (QED) is 0.267. The molecule has 1 aliphatic heterocycles. The number of hydrogen-bond acceptors (Lipinski definition) is 3. The number of amides is 2. The topological polar surface area (TPSA) is 45.6 Å². The van der Waals surface area contributed by atoms with Crippen molar-refractivity contribution in [3.05, 3.63) is 88.8 Å². The van der Waals surface area contributed by atoms with Crippen LogP contribution in [0.25, 0.3) is 11.8 Å². The molecule has 4 rings (SSSR count). The minimum absolute atomic E-state index is 0.120. The molecule has 0 N–H and O–H groups in total. The highest BCUT2D eigenvalue weighted by molar-refractivity contribution is 7.80. The molecule has 0 saturated carbocycles. The summed E-state index contributed by atoms with van der Waals surface area (Å²) in [7, 11) is 0. The van der Waals surface area contributed by atoms with E-state index in [9.17, 15) is 9.59 Å². The highest BCUT2D eigenvalue weighted by atomic mass is 32.1. The van der Waals surface area contributed by atoms with Gasteiger partial charge in [0.15, 0.2) is 5.11 Å². The fourth-order valence-electron chi connectivity index (χ4n) is 4.49. The Morgan fingerprint density at radius 2 is 1.59 bits per heavy atom. The Kier molecular flexibility index (Phi) is 6.80. The molecular formula is C28H29N3O2S. The van der Waals surface area contributed by atoms with Crippen LogP contribution in [0.3, 0.4) is 0 Å². The lowest BCUT2D eigenvalue weighted by Crippen LogP contribution is -2.56. The molecule has 3 aromatic rings. The fourth-order valence-corrected chi connectivity index (χ4v) is 4.85. The Bertz CT molecular complexity index is 1290. The van der Waals surface area contributed by atoms with Gasteiger partial charge in [0.1, 0.15) is 5.57 Å². The lowest BCUT2D eigenvalue weighted by Gasteiger charge is -2.36. The van der Waals surface area contributed by atoms with Gasteiger partial charge in [0.2, 0.25) is 0 Å². The van der Waals surface area contributed by atoms with E-state index < -0.39 is 5.91 Å². The summed E-state index contributed by atoms with van der Waals surface area (Å²) < 4.78 is 2.19. The second kappa shape index (κ2) is 9.77. The van der Waals surface area contributed by atoms with Gasteiger partial charge in [-0.05, 0) is 80.4 Å². The number of aryl methyl sites for hydroxylation is 2. The molecule has 0 atom stereocenters. The van der Waals surface area contributed by atoms with Gasteiger partial charge in [-0.1, -0.05) is 50.2 Å². The number of carbonyl (C=O) groups excluding carboxylic acids is 2. The number of thiocarbonyl (C=S) groups is 1. The minimum atomic E-state index is -0.396. The number of nitrogens with zero attached hydrogens (tertiary/aromatic N) is 3. The average molecular weight is 472 g/mol. The number of aromatic nitrogens is 1. The van der Waals surface area contributed by atoms with Crippen LogP contribution < -0.4 is 4.90 Å². The van der Waals surface area contributed by atoms with Crippen LogP contribution in [0, 0.1) is 13.8 Å². The smallest absolute Gasteiger partial charge is 0.270 e. The van der Waals surface area contributed by atoms with Crippen LogP contribution in [0.4, 0.5) is 5.69 Å². The molecule has 34 heavy (non-hydrogen) atoms. The zero-order valence-corrected chi connectivity index (χ0v) is 20.9. The van der Waals surface area contributed by atoms with E-state index in [4.69, 9.17) is 12.2 Å². The van der Waals surface area contributed by atoms with E-state index in [-0.39, 0.29) is 16.6 Å². The van der Waals surface area contributed by atoms with Gasteiger partial charge in [-0.2, -0.15) is 0 Å². The Hall–Kier alpha value is -3.51. The van der Waals surface area contributed by atoms with Gasteiger partial charge < -0.3 is 4.57 Å². The summed E-state index contributed by atoms with van der Waals surface area (Å²) in [6.45, 7) is 8.64. The predicted octanol–water partition coefficient (Wildman–Crippen LogP) is 5.61. The maximum Gasteiger partial charge on any atom is 0.270 e. The van der Waals surface area contributed by atoms with Gasteiger partial charge in [0, 0.05) is 23.6 Å². The van der Waals surface area contributed by atoms with Crippen molar-refractivity contribution >= 4 is 40.9 Å². The van der Waals surface area contributed by atoms with Crippen LogP contribution >= 0.6 is 12.2 Å². The van der Waals surface area contributed by atoms with Crippen molar-refractivity contribution in [3.63, 3.8) is 0 Å². The average Bonchev–Trinajstić information content (AvgIpc) is 3.12. The van der Waals surface area contributed by atoms with Crippen LogP contribution in [0.2, 0.25) is 0 Å². The molecule has 2 amide bonds. The second-order valence-electron chi connectivity index (χ2n) is 8.42. The first kappa shape index (κ1) is 23.6. The van der Waals surface area contributed by atoms with Crippen molar-refractivity contribution in [2.24, 2.45) is 0 Å². The lowest BCUT2D eigenvalue weighted by atomic mass is 10.1. The van der Waals surface area contributed by atoms with Crippen LogP contribution in [0.15, 0.2) is 66.2 Å². The molecule has 1 aromatic heterocycles. The van der Waals surface area contributed by atoms with Crippen molar-refractivity contribution in [1.82, 2.24) is 9.47 Å². The normalized spacial score (nSPS) is 15.5. The van der Waals surface area contributed by atoms with Gasteiger partial charge in [-0.15, -0.1) is 0 Å². The first-order valence-electron chi connectivity index (χ1n) is 11.6. The summed E-state index contributed by atoms with van der Waals surface area (Å²) in [4.78, 5) is 30.0. The monoisotopic (exact) mass is 471 g/mol. The van der Waals surface area contributed by atoms with Crippen molar-refractivity contribution < 1.29 is 9.59 Å². The van der Waals surface area contributed by atoms with Gasteiger partial charge in [0.05, 0.1) is 5.69 Å². The number of hydrogen-bond donors (Lipinski definition) is 0. The van der Waals surface area contributed by atoms with Gasteiger partial charge in [-0.25, -0.2) is 0 Å². The van der Waals surface area contributed by atoms with E-state index in [1.54, 1.807) is 6.08 Å². The highest BCUT2D eigenvalue weighted by Gasteiger charge is 2.40. The number of carbonyl (C=O) groups is 2. The van der Waals surface area contributed by atoms with Crippen LogP contribution in [0.1, 0.15) is 42.8 Å². The SMILES string of the molecule is CCCN1C(=O)/C(=C\c2cc(C)n(-c3ccccc3CC)c2C)C(=O)N(c2ccccc2)C1=S. The summed E-state index contributed by atoms with van der Waals surface area (Å²) in [5.41, 5.74) is 6.00. The minimum Gasteiger partial charge on any atom is -0.318 e. The lowest BCUT2D eigenvalue weighted by molar-refractivity contribution is -0.127. The Labute approximate surface area is 206 Å². The third-order valence-electron chi connectivity index (χ3n) is 6.18. The van der Waals surface area contributed by atoms with Crippen LogP contribution in [-0.4, -0.2) is 32.9 Å². The summed E-state index contributed by atoms with van der Waals surface area (Å²) in [5.74, 6) is -0.741. The molecule has 1 saturated heterocycles. The summed E-state index contributed by atoms with van der Waals surface area (Å²) in [6.07, 6.45) is 3.37. The van der Waals surface area contributed by atoms with E-state index in [0.717, 1.165) is 35.5 Å². The standard InChI is InChI=1S/C28H29N3O2S/c1-5-16-29-26(32)24(27(33)31(28(29)34)23-13-8-7-9-14-23)18-22-17-19(3)30(20(22)4)25-15-11-10-12-21(25)6-2/h7-15,17-18H,5-6,16H2,1-4H3/b24-18+. The third-order valence-corrected chi connectivity index (χ3v) is 6.58. The summed E-state index contributed by atoms with van der Waals surface area (Å²) in [6, 6.07) is 19.6. The molecule has 0 radical (unpaired) electrons. The zero-order valence-electron chi connectivity index (χ0n) is 20.0. The Balaban J connectivity index is 1.83. The van der Waals surface area contributed by atoms with Gasteiger partial charge in [0.25, 0.3) is 11.8 Å². The van der Waals surface area contributed by atoms with E-state index in [1.165, 1.54) is 15.4 Å². The number of anilines is 1. The first-order valence-corrected chi connectivity index (χ1v) is 12.0. The van der Waals surface area contributed by atoms with E-state index >= 15 is 0 Å². The molecular weight excluding hydrogens is 442 g/mol. The zero-order chi connectivity index (χ0) is 24.4. The summed E-state index contributed by atoms with van der Waals surface area (Å²) in [5, 5.41) is 0.225. The molecule has 2 aromatic carbocycles. The second-order valence-corrected chi connectivity index (χ2v) is 8.78. The predicted molar refractivity (Wildman–Crippen MR) is 141 cm³/mol. The fraction of sp³-hybridized carbons (Fsp3) is 0.250. The molecule has 5 nitrogen and oxygen atoms in total. The van der Waals surface area contributed by atoms with E-state index in [0.29, 0.717) is 12.2 Å². The highest BCUT2D eigenvalue weighted by Crippen LogP contribution is 2.29. The number of rotatable bonds is 6.